The molecule has 0 aromatic carbocycles. The highest BCUT2D eigenvalue weighted by atomic mass is 16.6. The number of hydrogen-bond acceptors (Lipinski definition) is 4. The van der Waals surface area contributed by atoms with E-state index in [9.17, 15) is 0 Å². The van der Waals surface area contributed by atoms with Gasteiger partial charge in [0.1, 0.15) is 6.10 Å². The number of ether oxygens (including phenoxy) is 2. The van der Waals surface area contributed by atoms with E-state index in [0.717, 1.165) is 25.9 Å². The summed E-state index contributed by atoms with van der Waals surface area (Å²) in [5, 5.41) is 12.3. The molecule has 0 saturated carbocycles. The van der Waals surface area contributed by atoms with Gasteiger partial charge in [-0.05, 0) is 25.9 Å². The number of aliphatic hydroxyl groups excluding tert-OH is 1. The summed E-state index contributed by atoms with van der Waals surface area (Å²) in [7, 11) is 0. The van der Waals surface area contributed by atoms with Gasteiger partial charge < -0.3 is 19.9 Å². The third-order valence-electron chi connectivity index (χ3n) is 2.80. The topological polar surface area (TPSA) is 50.7 Å². The SMILES string of the molecule is OCC1COCC2(CCNCC2)O1. The van der Waals surface area contributed by atoms with Crippen molar-refractivity contribution in [3.05, 3.63) is 0 Å². The maximum Gasteiger partial charge on any atom is 0.105 e. The Morgan fingerprint density at radius 1 is 1.38 bits per heavy atom. The van der Waals surface area contributed by atoms with E-state index < -0.39 is 0 Å². The summed E-state index contributed by atoms with van der Waals surface area (Å²) < 4.78 is 11.3. The normalized spacial score (nSPS) is 33.5. The molecule has 2 aliphatic rings. The number of hydrogen-bond donors (Lipinski definition) is 2. The second kappa shape index (κ2) is 3.92. The minimum atomic E-state index is -0.119. The maximum absolute atomic E-state index is 8.98. The predicted octanol–water partition coefficient (Wildman–Crippen LogP) is -0.484. The minimum absolute atomic E-state index is 0.0647. The minimum Gasteiger partial charge on any atom is -0.394 e. The van der Waals surface area contributed by atoms with Gasteiger partial charge in [0.25, 0.3) is 0 Å². The zero-order valence-electron chi connectivity index (χ0n) is 7.79. The van der Waals surface area contributed by atoms with Gasteiger partial charge in [-0.25, -0.2) is 0 Å². The van der Waals surface area contributed by atoms with Gasteiger partial charge in [-0.15, -0.1) is 0 Å². The molecule has 4 heteroatoms. The van der Waals surface area contributed by atoms with Gasteiger partial charge in [-0.1, -0.05) is 0 Å². The Morgan fingerprint density at radius 2 is 2.15 bits per heavy atom. The fourth-order valence-corrected chi connectivity index (χ4v) is 2.03. The van der Waals surface area contributed by atoms with Crippen molar-refractivity contribution in [2.45, 2.75) is 24.5 Å². The highest BCUT2D eigenvalue weighted by Gasteiger charge is 2.38. The van der Waals surface area contributed by atoms with E-state index in [1.54, 1.807) is 0 Å². The molecule has 2 aliphatic heterocycles. The molecule has 2 saturated heterocycles. The van der Waals surface area contributed by atoms with Gasteiger partial charge in [0, 0.05) is 0 Å². The van der Waals surface area contributed by atoms with Crippen molar-refractivity contribution in [1.29, 1.82) is 0 Å². The second-order valence-electron chi connectivity index (χ2n) is 3.87. The van der Waals surface area contributed by atoms with Crippen LogP contribution in [0.1, 0.15) is 12.8 Å². The molecule has 0 amide bonds. The smallest absolute Gasteiger partial charge is 0.105 e. The van der Waals surface area contributed by atoms with Gasteiger partial charge >= 0.3 is 0 Å². The van der Waals surface area contributed by atoms with Crippen LogP contribution in [0.15, 0.2) is 0 Å². The van der Waals surface area contributed by atoms with E-state index in [4.69, 9.17) is 14.6 Å². The van der Waals surface area contributed by atoms with Crippen LogP contribution in [0.5, 0.6) is 0 Å². The van der Waals surface area contributed by atoms with Crippen molar-refractivity contribution in [1.82, 2.24) is 5.32 Å². The average molecular weight is 187 g/mol. The van der Waals surface area contributed by atoms with E-state index in [0.29, 0.717) is 13.2 Å². The summed E-state index contributed by atoms with van der Waals surface area (Å²) in [6.45, 7) is 3.26. The van der Waals surface area contributed by atoms with Crippen LogP contribution in [0.2, 0.25) is 0 Å². The van der Waals surface area contributed by atoms with Crippen molar-refractivity contribution in [2.24, 2.45) is 0 Å². The molecule has 2 rings (SSSR count). The molecule has 4 nitrogen and oxygen atoms in total. The van der Waals surface area contributed by atoms with E-state index in [-0.39, 0.29) is 18.3 Å². The number of aliphatic hydroxyl groups is 1. The average Bonchev–Trinajstić information content (AvgIpc) is 2.19. The van der Waals surface area contributed by atoms with Crippen LogP contribution in [-0.2, 0) is 9.47 Å². The lowest BCUT2D eigenvalue weighted by atomic mass is 9.92. The maximum atomic E-state index is 8.98. The van der Waals surface area contributed by atoms with Gasteiger partial charge in [0.15, 0.2) is 0 Å². The number of rotatable bonds is 1. The molecule has 13 heavy (non-hydrogen) atoms. The highest BCUT2D eigenvalue weighted by Crippen LogP contribution is 2.28. The number of nitrogens with one attached hydrogen (secondary N) is 1. The van der Waals surface area contributed by atoms with Crippen LogP contribution in [0, 0.1) is 0 Å². The van der Waals surface area contributed by atoms with Gasteiger partial charge in [0.2, 0.25) is 0 Å². The molecule has 1 atom stereocenters. The lowest BCUT2D eigenvalue weighted by Gasteiger charge is -2.43. The Labute approximate surface area is 78.2 Å². The third kappa shape index (κ3) is 2.02. The largest absolute Gasteiger partial charge is 0.394 e. The molecule has 76 valence electrons. The van der Waals surface area contributed by atoms with Crippen molar-refractivity contribution in [3.63, 3.8) is 0 Å². The Bertz CT molecular complexity index is 163. The molecular formula is C9H17NO3. The van der Waals surface area contributed by atoms with Crippen molar-refractivity contribution >= 4 is 0 Å². The molecule has 1 spiro atoms. The van der Waals surface area contributed by atoms with Crippen LogP contribution in [0.4, 0.5) is 0 Å². The molecule has 0 radical (unpaired) electrons. The molecule has 1 unspecified atom stereocenters. The van der Waals surface area contributed by atoms with E-state index in [1.165, 1.54) is 0 Å². The lowest BCUT2D eigenvalue weighted by Crippen LogP contribution is -2.54. The third-order valence-corrected chi connectivity index (χ3v) is 2.80. The first kappa shape index (κ1) is 9.40. The predicted molar refractivity (Wildman–Crippen MR) is 47.6 cm³/mol. The Kier molecular flexibility index (Phi) is 2.83. The molecule has 2 heterocycles. The Morgan fingerprint density at radius 3 is 2.85 bits per heavy atom. The van der Waals surface area contributed by atoms with Gasteiger partial charge in [-0.3, -0.25) is 0 Å². The first-order chi connectivity index (χ1) is 6.35. The van der Waals surface area contributed by atoms with Crippen molar-refractivity contribution in [3.8, 4) is 0 Å². The summed E-state index contributed by atoms with van der Waals surface area (Å²) in [5.74, 6) is 0. The quantitative estimate of drug-likeness (QED) is 0.582. The van der Waals surface area contributed by atoms with Crippen LogP contribution in [-0.4, -0.2) is 49.7 Å². The summed E-state index contributed by atoms with van der Waals surface area (Å²) in [6, 6.07) is 0. The summed E-state index contributed by atoms with van der Waals surface area (Å²) in [4.78, 5) is 0. The molecule has 0 bridgehead atoms. The highest BCUT2D eigenvalue weighted by molar-refractivity contribution is 4.89. The Balaban J connectivity index is 1.95. The monoisotopic (exact) mass is 187 g/mol. The molecule has 2 fully saturated rings. The lowest BCUT2D eigenvalue weighted by molar-refractivity contribution is -0.215. The standard InChI is InChI=1S/C9H17NO3/c11-5-8-6-12-7-9(13-8)1-3-10-4-2-9/h8,10-11H,1-7H2. The first-order valence-corrected chi connectivity index (χ1v) is 4.92. The fraction of sp³-hybridized carbons (Fsp3) is 1.00. The van der Waals surface area contributed by atoms with E-state index in [1.807, 2.05) is 0 Å². The van der Waals surface area contributed by atoms with Crippen molar-refractivity contribution < 1.29 is 14.6 Å². The summed E-state index contributed by atoms with van der Waals surface area (Å²) in [6.07, 6.45) is 1.86. The molecule has 2 N–H and O–H groups in total. The number of piperidine rings is 1. The summed E-state index contributed by atoms with van der Waals surface area (Å²) in [5.41, 5.74) is -0.114. The van der Waals surface area contributed by atoms with Crippen LogP contribution in [0.3, 0.4) is 0 Å². The van der Waals surface area contributed by atoms with Crippen LogP contribution < -0.4 is 5.32 Å². The summed E-state index contributed by atoms with van der Waals surface area (Å²) >= 11 is 0. The van der Waals surface area contributed by atoms with Gasteiger partial charge in [-0.2, -0.15) is 0 Å². The molecule has 0 aliphatic carbocycles. The Hall–Kier alpha value is -0.160. The zero-order valence-corrected chi connectivity index (χ0v) is 7.79. The fourth-order valence-electron chi connectivity index (χ4n) is 2.03. The van der Waals surface area contributed by atoms with Crippen LogP contribution in [0.25, 0.3) is 0 Å². The van der Waals surface area contributed by atoms with Crippen LogP contribution >= 0.6 is 0 Å². The van der Waals surface area contributed by atoms with Gasteiger partial charge in [0.05, 0.1) is 25.4 Å². The zero-order chi connectivity index (χ0) is 9.15. The van der Waals surface area contributed by atoms with E-state index in [2.05, 4.69) is 5.32 Å². The molecular weight excluding hydrogens is 170 g/mol. The molecule has 0 aromatic heterocycles. The second-order valence-corrected chi connectivity index (χ2v) is 3.87. The van der Waals surface area contributed by atoms with E-state index >= 15 is 0 Å². The van der Waals surface area contributed by atoms with Crippen molar-refractivity contribution in [2.75, 3.05) is 32.9 Å². The molecule has 0 aromatic rings. The first-order valence-electron chi connectivity index (χ1n) is 4.92.